The molecule has 1 heterocycles. The predicted molar refractivity (Wildman–Crippen MR) is 75.6 cm³/mol. The van der Waals surface area contributed by atoms with Crippen molar-refractivity contribution in [3.05, 3.63) is 68.4 Å². The summed E-state index contributed by atoms with van der Waals surface area (Å²) in [7, 11) is 0. The van der Waals surface area contributed by atoms with Crippen LogP contribution in [0.5, 0.6) is 0 Å². The summed E-state index contributed by atoms with van der Waals surface area (Å²) in [4.78, 5) is 14.4. The van der Waals surface area contributed by atoms with Gasteiger partial charge >= 0.3 is 0 Å². The van der Waals surface area contributed by atoms with Crippen LogP contribution in [0.1, 0.15) is 11.3 Å². The minimum absolute atomic E-state index is 0.110. The van der Waals surface area contributed by atoms with Crippen LogP contribution >= 0.6 is 15.9 Å². The van der Waals surface area contributed by atoms with Crippen molar-refractivity contribution in [1.82, 2.24) is 10.3 Å². The molecule has 0 saturated heterocycles. The first kappa shape index (κ1) is 13.6. The van der Waals surface area contributed by atoms with E-state index in [0.29, 0.717) is 13.1 Å². The maximum Gasteiger partial charge on any atom is 0.269 e. The van der Waals surface area contributed by atoms with Crippen LogP contribution in [0.4, 0.5) is 5.69 Å². The molecule has 0 spiro atoms. The molecule has 1 N–H and O–H groups in total. The molecule has 19 heavy (non-hydrogen) atoms. The zero-order chi connectivity index (χ0) is 13.7. The maximum atomic E-state index is 10.5. The van der Waals surface area contributed by atoms with Crippen molar-refractivity contribution in [2.24, 2.45) is 0 Å². The Balaban J connectivity index is 1.85. The Morgan fingerprint density at radius 3 is 2.47 bits per heavy atom. The van der Waals surface area contributed by atoms with Crippen molar-refractivity contribution >= 4 is 21.6 Å². The topological polar surface area (TPSA) is 68.1 Å². The van der Waals surface area contributed by atoms with Crippen LogP contribution in [-0.4, -0.2) is 9.91 Å². The van der Waals surface area contributed by atoms with Gasteiger partial charge in [-0.25, -0.2) is 0 Å². The third kappa shape index (κ3) is 4.11. The number of rotatable bonds is 5. The van der Waals surface area contributed by atoms with Crippen molar-refractivity contribution in [3.63, 3.8) is 0 Å². The minimum atomic E-state index is -0.400. The van der Waals surface area contributed by atoms with Crippen molar-refractivity contribution < 1.29 is 4.92 Å². The van der Waals surface area contributed by atoms with Crippen LogP contribution in [0.2, 0.25) is 0 Å². The van der Waals surface area contributed by atoms with Gasteiger partial charge in [0.1, 0.15) is 0 Å². The monoisotopic (exact) mass is 321 g/mol. The molecule has 0 aliphatic carbocycles. The molecule has 1 aromatic carbocycles. The van der Waals surface area contributed by atoms with Crippen molar-refractivity contribution in [2.45, 2.75) is 13.1 Å². The van der Waals surface area contributed by atoms with Gasteiger partial charge < -0.3 is 5.32 Å². The second kappa shape index (κ2) is 6.40. The van der Waals surface area contributed by atoms with Crippen LogP contribution in [0, 0.1) is 10.1 Å². The van der Waals surface area contributed by atoms with Crippen molar-refractivity contribution in [3.8, 4) is 0 Å². The van der Waals surface area contributed by atoms with Gasteiger partial charge in [-0.3, -0.25) is 15.1 Å². The second-order valence-electron chi connectivity index (χ2n) is 3.99. The van der Waals surface area contributed by atoms with Gasteiger partial charge in [-0.1, -0.05) is 12.1 Å². The van der Waals surface area contributed by atoms with E-state index in [1.54, 1.807) is 18.3 Å². The normalized spacial score (nSPS) is 10.4. The summed E-state index contributed by atoms with van der Waals surface area (Å²) < 4.78 is 0.951. The molecule has 0 atom stereocenters. The molecule has 6 heteroatoms. The van der Waals surface area contributed by atoms with E-state index in [9.17, 15) is 10.1 Å². The Morgan fingerprint density at radius 1 is 1.16 bits per heavy atom. The molecule has 0 amide bonds. The van der Waals surface area contributed by atoms with Crippen LogP contribution in [0.15, 0.2) is 47.1 Å². The third-order valence-electron chi connectivity index (χ3n) is 2.57. The number of benzene rings is 1. The largest absolute Gasteiger partial charge is 0.307 e. The van der Waals surface area contributed by atoms with Gasteiger partial charge in [-0.05, 0) is 33.6 Å². The van der Waals surface area contributed by atoms with Crippen LogP contribution < -0.4 is 5.32 Å². The highest BCUT2D eigenvalue weighted by molar-refractivity contribution is 9.10. The standard InChI is InChI=1S/C13H12BrN3O2/c14-11-3-4-12(16-8-11)9-15-7-10-1-5-13(6-2-10)17(18)19/h1-6,8,15H,7,9H2. The number of aromatic nitrogens is 1. The van der Waals surface area contributed by atoms with Crippen molar-refractivity contribution in [2.75, 3.05) is 0 Å². The molecule has 0 aliphatic heterocycles. The molecule has 0 aliphatic rings. The molecule has 2 rings (SSSR count). The summed E-state index contributed by atoms with van der Waals surface area (Å²) >= 11 is 3.33. The number of nitro groups is 1. The Morgan fingerprint density at radius 2 is 1.89 bits per heavy atom. The molecule has 0 saturated carbocycles. The number of nitrogens with zero attached hydrogens (tertiary/aromatic N) is 2. The number of nitro benzene ring substituents is 1. The van der Waals surface area contributed by atoms with E-state index in [1.165, 1.54) is 12.1 Å². The summed E-state index contributed by atoms with van der Waals surface area (Å²) in [6.45, 7) is 1.31. The Kier molecular flexibility index (Phi) is 4.59. The smallest absolute Gasteiger partial charge is 0.269 e. The van der Waals surface area contributed by atoms with Gasteiger partial charge in [0.05, 0.1) is 10.6 Å². The average Bonchev–Trinajstić information content (AvgIpc) is 2.41. The molecule has 5 nitrogen and oxygen atoms in total. The lowest BCUT2D eigenvalue weighted by molar-refractivity contribution is -0.384. The molecule has 0 bridgehead atoms. The van der Waals surface area contributed by atoms with E-state index in [2.05, 4.69) is 26.2 Å². The van der Waals surface area contributed by atoms with Crippen LogP contribution in [0.3, 0.4) is 0 Å². The number of halogens is 1. The lowest BCUT2D eigenvalue weighted by Gasteiger charge is -2.04. The highest BCUT2D eigenvalue weighted by Crippen LogP contribution is 2.12. The molecule has 1 aromatic heterocycles. The molecule has 0 unspecified atom stereocenters. The number of pyridine rings is 1. The lowest BCUT2D eigenvalue weighted by Crippen LogP contribution is -2.13. The van der Waals surface area contributed by atoms with Gasteiger partial charge in [-0.2, -0.15) is 0 Å². The fourth-order valence-electron chi connectivity index (χ4n) is 1.58. The Hall–Kier alpha value is -1.79. The van der Waals surface area contributed by atoms with E-state index < -0.39 is 4.92 Å². The molecule has 2 aromatic rings. The zero-order valence-corrected chi connectivity index (χ0v) is 11.6. The van der Waals surface area contributed by atoms with Gasteiger partial charge in [0.2, 0.25) is 0 Å². The summed E-state index contributed by atoms with van der Waals surface area (Å²) in [5.74, 6) is 0. The summed E-state index contributed by atoms with van der Waals surface area (Å²) in [6.07, 6.45) is 1.75. The Labute approximate surface area is 119 Å². The van der Waals surface area contributed by atoms with E-state index in [-0.39, 0.29) is 5.69 Å². The van der Waals surface area contributed by atoms with E-state index in [4.69, 9.17) is 0 Å². The van der Waals surface area contributed by atoms with E-state index >= 15 is 0 Å². The molecule has 0 fully saturated rings. The van der Waals surface area contributed by atoms with Gasteiger partial charge in [0.15, 0.2) is 0 Å². The van der Waals surface area contributed by atoms with E-state index in [1.807, 2.05) is 12.1 Å². The summed E-state index contributed by atoms with van der Waals surface area (Å²) in [5, 5.41) is 13.8. The molecular weight excluding hydrogens is 310 g/mol. The molecule has 98 valence electrons. The maximum absolute atomic E-state index is 10.5. The van der Waals surface area contributed by atoms with Gasteiger partial charge in [-0.15, -0.1) is 0 Å². The Bertz CT molecular complexity index is 555. The average molecular weight is 322 g/mol. The van der Waals surface area contributed by atoms with Crippen molar-refractivity contribution in [1.29, 1.82) is 0 Å². The SMILES string of the molecule is O=[N+]([O-])c1ccc(CNCc2ccc(Br)cn2)cc1. The first-order chi connectivity index (χ1) is 9.15. The van der Waals surface area contributed by atoms with Crippen LogP contribution in [-0.2, 0) is 13.1 Å². The highest BCUT2D eigenvalue weighted by atomic mass is 79.9. The fourth-order valence-corrected chi connectivity index (χ4v) is 1.82. The summed E-state index contributed by atoms with van der Waals surface area (Å²) in [5.41, 5.74) is 2.06. The molecular formula is C13H12BrN3O2. The number of nitrogens with one attached hydrogen (secondary N) is 1. The quantitative estimate of drug-likeness (QED) is 0.679. The van der Waals surface area contributed by atoms with Gasteiger partial charge in [0.25, 0.3) is 5.69 Å². The highest BCUT2D eigenvalue weighted by Gasteiger charge is 2.03. The summed E-state index contributed by atoms with van der Waals surface area (Å²) in [6, 6.07) is 10.4. The first-order valence-electron chi connectivity index (χ1n) is 5.69. The van der Waals surface area contributed by atoms with Crippen LogP contribution in [0.25, 0.3) is 0 Å². The number of hydrogen-bond donors (Lipinski definition) is 1. The fraction of sp³-hybridized carbons (Fsp3) is 0.154. The predicted octanol–water partition coefficient (Wildman–Crippen LogP) is 3.04. The first-order valence-corrected chi connectivity index (χ1v) is 6.49. The number of hydrogen-bond acceptors (Lipinski definition) is 4. The lowest BCUT2D eigenvalue weighted by atomic mass is 10.2. The van der Waals surface area contributed by atoms with E-state index in [0.717, 1.165) is 15.7 Å². The zero-order valence-electron chi connectivity index (χ0n) is 10.0. The number of non-ortho nitro benzene ring substituents is 1. The third-order valence-corrected chi connectivity index (χ3v) is 3.04. The molecule has 0 radical (unpaired) electrons. The van der Waals surface area contributed by atoms with Gasteiger partial charge in [0, 0.05) is 35.9 Å². The second-order valence-corrected chi connectivity index (χ2v) is 4.91. The minimum Gasteiger partial charge on any atom is -0.307 e.